The van der Waals surface area contributed by atoms with Crippen LogP contribution in [0, 0.1) is 0 Å². The van der Waals surface area contributed by atoms with Crippen LogP contribution in [0.25, 0.3) is 5.76 Å². The highest BCUT2D eigenvalue weighted by Gasteiger charge is 2.47. The Kier molecular flexibility index (Phi) is 6.41. The molecule has 1 aliphatic rings. The van der Waals surface area contributed by atoms with Crippen LogP contribution in [-0.2, 0) is 9.59 Å². The lowest BCUT2D eigenvalue weighted by atomic mass is 9.95. The first-order valence-corrected chi connectivity index (χ1v) is 10.8. The number of anilines is 1. The standard InChI is InChI=1S/C25H19Cl2NO6/c1-33-19-10-5-14(11-20(19)34-2)23(30)21-22(13-3-7-16(29)8-4-13)28(25(32)24(21)31)15-6-9-17(26)18(27)12-15/h3-12,22,29-30H,1-2H3/b23-21+. The molecule has 1 heterocycles. The average Bonchev–Trinajstić information content (AvgIpc) is 3.10. The Morgan fingerprint density at radius 1 is 0.882 bits per heavy atom. The highest BCUT2D eigenvalue weighted by molar-refractivity contribution is 6.52. The van der Waals surface area contributed by atoms with Crippen molar-refractivity contribution in [2.75, 3.05) is 19.1 Å². The minimum atomic E-state index is -0.995. The topological polar surface area (TPSA) is 96.3 Å². The van der Waals surface area contributed by atoms with Gasteiger partial charge in [-0.15, -0.1) is 0 Å². The third kappa shape index (κ3) is 4.04. The van der Waals surface area contributed by atoms with Gasteiger partial charge in [0.25, 0.3) is 11.7 Å². The van der Waals surface area contributed by atoms with Gasteiger partial charge < -0.3 is 19.7 Å². The van der Waals surface area contributed by atoms with Crippen molar-refractivity contribution in [3.05, 3.63) is 87.4 Å². The quantitative estimate of drug-likeness (QED) is 0.279. The summed E-state index contributed by atoms with van der Waals surface area (Å²) in [6.45, 7) is 0. The molecule has 174 valence electrons. The predicted octanol–water partition coefficient (Wildman–Crippen LogP) is 5.34. The van der Waals surface area contributed by atoms with Crippen LogP contribution in [0.5, 0.6) is 17.2 Å². The summed E-state index contributed by atoms with van der Waals surface area (Å²) in [6, 6.07) is 14.2. The maximum absolute atomic E-state index is 13.2. The predicted molar refractivity (Wildman–Crippen MR) is 129 cm³/mol. The lowest BCUT2D eigenvalue weighted by molar-refractivity contribution is -0.132. The smallest absolute Gasteiger partial charge is 0.300 e. The number of rotatable bonds is 5. The van der Waals surface area contributed by atoms with Gasteiger partial charge in [0, 0.05) is 11.3 Å². The van der Waals surface area contributed by atoms with Crippen LogP contribution < -0.4 is 14.4 Å². The number of ketones is 1. The maximum atomic E-state index is 13.2. The summed E-state index contributed by atoms with van der Waals surface area (Å²) in [5, 5.41) is 21.5. The molecule has 0 radical (unpaired) electrons. The van der Waals surface area contributed by atoms with Gasteiger partial charge in [-0.05, 0) is 54.1 Å². The summed E-state index contributed by atoms with van der Waals surface area (Å²) < 4.78 is 10.5. The van der Waals surface area contributed by atoms with Gasteiger partial charge in [0.15, 0.2) is 11.5 Å². The lowest BCUT2D eigenvalue weighted by Gasteiger charge is -2.25. The monoisotopic (exact) mass is 499 g/mol. The zero-order chi connectivity index (χ0) is 24.6. The summed E-state index contributed by atoms with van der Waals surface area (Å²) in [6.07, 6.45) is 0. The Labute approximate surface area is 205 Å². The fourth-order valence-electron chi connectivity index (χ4n) is 3.84. The van der Waals surface area contributed by atoms with Crippen LogP contribution in [0.15, 0.2) is 66.2 Å². The van der Waals surface area contributed by atoms with E-state index in [-0.39, 0.29) is 32.7 Å². The highest BCUT2D eigenvalue weighted by atomic mass is 35.5. The van der Waals surface area contributed by atoms with Crippen LogP contribution in [0.2, 0.25) is 10.0 Å². The molecular formula is C25H19Cl2NO6. The van der Waals surface area contributed by atoms with Crippen LogP contribution in [0.3, 0.4) is 0 Å². The number of benzene rings is 3. The van der Waals surface area contributed by atoms with Gasteiger partial charge in [0.1, 0.15) is 11.5 Å². The molecule has 1 atom stereocenters. The largest absolute Gasteiger partial charge is 0.508 e. The van der Waals surface area contributed by atoms with Gasteiger partial charge in [-0.2, -0.15) is 0 Å². The van der Waals surface area contributed by atoms with E-state index in [1.54, 1.807) is 30.3 Å². The Bertz CT molecular complexity index is 1320. The Morgan fingerprint density at radius 3 is 2.18 bits per heavy atom. The number of phenolic OH excluding ortho intramolecular Hbond substituents is 1. The van der Waals surface area contributed by atoms with Gasteiger partial charge in [-0.25, -0.2) is 0 Å². The van der Waals surface area contributed by atoms with Crippen molar-refractivity contribution in [1.29, 1.82) is 0 Å². The first-order valence-electron chi connectivity index (χ1n) is 10.0. The van der Waals surface area contributed by atoms with Crippen molar-refractivity contribution in [2.24, 2.45) is 0 Å². The Morgan fingerprint density at radius 2 is 1.56 bits per heavy atom. The average molecular weight is 500 g/mol. The summed E-state index contributed by atoms with van der Waals surface area (Å²) in [5.74, 6) is -1.33. The SMILES string of the molecule is COc1ccc(/C(O)=C2\C(=O)C(=O)N(c3ccc(Cl)c(Cl)c3)C2c2ccc(O)cc2)cc1OC. The number of aromatic hydroxyl groups is 1. The van der Waals surface area contributed by atoms with E-state index in [1.807, 2.05) is 0 Å². The number of hydrogen-bond donors (Lipinski definition) is 2. The molecule has 0 aliphatic carbocycles. The molecule has 0 spiro atoms. The number of carbonyl (C=O) groups is 2. The number of aliphatic hydroxyl groups excluding tert-OH is 1. The van der Waals surface area contributed by atoms with E-state index in [4.69, 9.17) is 32.7 Å². The minimum Gasteiger partial charge on any atom is -0.508 e. The molecule has 34 heavy (non-hydrogen) atoms. The molecule has 7 nitrogen and oxygen atoms in total. The number of ether oxygens (including phenoxy) is 2. The van der Waals surface area contributed by atoms with Crippen molar-refractivity contribution in [1.82, 2.24) is 0 Å². The van der Waals surface area contributed by atoms with Crippen LogP contribution in [0.1, 0.15) is 17.2 Å². The zero-order valence-electron chi connectivity index (χ0n) is 18.1. The third-order valence-corrected chi connectivity index (χ3v) is 6.23. The molecular weight excluding hydrogens is 481 g/mol. The first-order chi connectivity index (χ1) is 16.3. The minimum absolute atomic E-state index is 0.00938. The molecule has 2 N–H and O–H groups in total. The number of phenols is 1. The molecule has 1 saturated heterocycles. The van der Waals surface area contributed by atoms with Gasteiger partial charge in [-0.3, -0.25) is 14.5 Å². The van der Waals surface area contributed by atoms with Crippen LogP contribution >= 0.6 is 23.2 Å². The van der Waals surface area contributed by atoms with Gasteiger partial charge >= 0.3 is 0 Å². The van der Waals surface area contributed by atoms with Crippen molar-refractivity contribution in [3.8, 4) is 17.2 Å². The van der Waals surface area contributed by atoms with E-state index in [9.17, 15) is 19.8 Å². The fourth-order valence-corrected chi connectivity index (χ4v) is 4.14. The Balaban J connectivity index is 1.94. The zero-order valence-corrected chi connectivity index (χ0v) is 19.6. The first kappa shape index (κ1) is 23.5. The second kappa shape index (κ2) is 9.29. The maximum Gasteiger partial charge on any atom is 0.300 e. The lowest BCUT2D eigenvalue weighted by Crippen LogP contribution is -2.29. The number of carbonyl (C=O) groups excluding carboxylic acids is 2. The molecule has 4 rings (SSSR count). The normalized spacial score (nSPS) is 17.2. The number of amides is 1. The highest BCUT2D eigenvalue weighted by Crippen LogP contribution is 2.44. The molecule has 0 saturated carbocycles. The number of hydrogen-bond acceptors (Lipinski definition) is 6. The van der Waals surface area contributed by atoms with E-state index < -0.39 is 17.7 Å². The van der Waals surface area contributed by atoms with E-state index in [0.717, 1.165) is 0 Å². The second-order valence-electron chi connectivity index (χ2n) is 7.43. The molecule has 3 aromatic carbocycles. The third-order valence-electron chi connectivity index (χ3n) is 5.49. The number of aliphatic hydroxyl groups is 1. The van der Waals surface area contributed by atoms with Crippen molar-refractivity contribution in [3.63, 3.8) is 0 Å². The van der Waals surface area contributed by atoms with E-state index in [1.165, 1.54) is 49.5 Å². The molecule has 0 aromatic heterocycles. The molecule has 0 bridgehead atoms. The molecule has 9 heteroatoms. The summed E-state index contributed by atoms with van der Waals surface area (Å²) in [4.78, 5) is 27.6. The number of nitrogens with zero attached hydrogens (tertiary/aromatic N) is 1. The number of Topliss-reactive ketones (excluding diaryl/α,β-unsaturated/α-hetero) is 1. The van der Waals surface area contributed by atoms with Gasteiger partial charge in [-0.1, -0.05) is 35.3 Å². The van der Waals surface area contributed by atoms with E-state index in [0.29, 0.717) is 22.7 Å². The number of methoxy groups -OCH3 is 2. The summed E-state index contributed by atoms with van der Waals surface area (Å²) in [5.41, 5.74) is 0.939. The fraction of sp³-hybridized carbons (Fsp3) is 0.120. The van der Waals surface area contributed by atoms with Gasteiger partial charge in [0.05, 0.1) is 35.9 Å². The summed E-state index contributed by atoms with van der Waals surface area (Å²) in [7, 11) is 2.92. The van der Waals surface area contributed by atoms with E-state index >= 15 is 0 Å². The number of halogens is 2. The van der Waals surface area contributed by atoms with Crippen molar-refractivity contribution < 1.29 is 29.3 Å². The van der Waals surface area contributed by atoms with Gasteiger partial charge in [0.2, 0.25) is 0 Å². The van der Waals surface area contributed by atoms with Crippen molar-refractivity contribution in [2.45, 2.75) is 6.04 Å². The summed E-state index contributed by atoms with van der Waals surface area (Å²) >= 11 is 12.2. The second-order valence-corrected chi connectivity index (χ2v) is 8.24. The molecule has 1 unspecified atom stereocenters. The molecule has 3 aromatic rings. The van der Waals surface area contributed by atoms with Crippen LogP contribution in [-0.4, -0.2) is 36.1 Å². The van der Waals surface area contributed by atoms with E-state index in [2.05, 4.69) is 0 Å². The molecule has 1 amide bonds. The van der Waals surface area contributed by atoms with Crippen LogP contribution in [0.4, 0.5) is 5.69 Å². The molecule has 1 fully saturated rings. The molecule has 1 aliphatic heterocycles. The Hall–Kier alpha value is -3.68. The van der Waals surface area contributed by atoms with Crippen molar-refractivity contribution >= 4 is 46.3 Å².